The van der Waals surface area contributed by atoms with Gasteiger partial charge < -0.3 is 19.5 Å². The summed E-state index contributed by atoms with van der Waals surface area (Å²) in [4.78, 5) is 31.3. The summed E-state index contributed by atoms with van der Waals surface area (Å²) in [5.41, 5.74) is 0.877. The maximum absolute atomic E-state index is 12.7. The second-order valence-electron chi connectivity index (χ2n) is 6.76. The molecule has 0 radical (unpaired) electrons. The third kappa shape index (κ3) is 3.45. The van der Waals surface area contributed by atoms with Crippen LogP contribution in [0.5, 0.6) is 5.75 Å². The molecular weight excluding hydrogens is 346 g/mol. The average Bonchev–Trinajstić information content (AvgIpc) is 3.28. The van der Waals surface area contributed by atoms with Crippen molar-refractivity contribution in [2.75, 3.05) is 0 Å². The van der Waals surface area contributed by atoms with E-state index in [2.05, 4.69) is 15.3 Å². The zero-order valence-corrected chi connectivity index (χ0v) is 15.1. The van der Waals surface area contributed by atoms with E-state index in [1.54, 1.807) is 6.92 Å². The number of aromatic amines is 1. The molecule has 0 saturated heterocycles. The number of aromatic nitrogens is 2. The number of carbonyl (C=O) groups is 1. The number of fused-ring (bicyclic) bond motifs is 1. The topological polar surface area (TPSA) is 97.2 Å². The van der Waals surface area contributed by atoms with Gasteiger partial charge >= 0.3 is 0 Å². The predicted molar refractivity (Wildman–Crippen MR) is 99.9 cm³/mol. The zero-order valence-electron chi connectivity index (χ0n) is 15.1. The van der Waals surface area contributed by atoms with Gasteiger partial charge in [-0.3, -0.25) is 9.59 Å². The van der Waals surface area contributed by atoms with Crippen molar-refractivity contribution in [3.05, 3.63) is 57.8 Å². The van der Waals surface area contributed by atoms with E-state index >= 15 is 0 Å². The highest BCUT2D eigenvalue weighted by atomic mass is 16.5. The van der Waals surface area contributed by atoms with Crippen molar-refractivity contribution in [1.82, 2.24) is 15.3 Å². The normalized spacial score (nSPS) is 14.6. The maximum atomic E-state index is 12.7. The molecule has 140 valence electrons. The van der Waals surface area contributed by atoms with E-state index in [9.17, 15) is 9.59 Å². The number of nitrogens with one attached hydrogen (secondary N) is 2. The first-order chi connectivity index (χ1) is 13.1. The molecule has 1 aliphatic carbocycles. The van der Waals surface area contributed by atoms with Crippen molar-refractivity contribution in [3.63, 3.8) is 0 Å². The van der Waals surface area contributed by atoms with Crippen LogP contribution < -0.4 is 15.6 Å². The lowest BCUT2D eigenvalue weighted by Crippen LogP contribution is -2.25. The van der Waals surface area contributed by atoms with E-state index in [-0.39, 0.29) is 28.7 Å². The molecule has 1 saturated carbocycles. The summed E-state index contributed by atoms with van der Waals surface area (Å²) in [6, 6.07) is 7.69. The molecule has 1 aliphatic rings. The van der Waals surface area contributed by atoms with E-state index in [4.69, 9.17) is 9.15 Å². The van der Waals surface area contributed by atoms with Crippen LogP contribution in [0.3, 0.4) is 0 Å². The Morgan fingerprint density at radius 2 is 2.11 bits per heavy atom. The summed E-state index contributed by atoms with van der Waals surface area (Å²) >= 11 is 0. The third-order valence-electron chi connectivity index (χ3n) is 4.91. The number of H-pyrrole nitrogens is 1. The Morgan fingerprint density at radius 3 is 2.93 bits per heavy atom. The summed E-state index contributed by atoms with van der Waals surface area (Å²) < 4.78 is 11.6. The minimum Gasteiger partial charge on any atom is -0.490 e. The molecule has 3 aromatic rings. The number of amides is 1. The van der Waals surface area contributed by atoms with Crippen molar-refractivity contribution in [2.24, 2.45) is 0 Å². The fourth-order valence-electron chi connectivity index (χ4n) is 3.54. The molecule has 1 aromatic carbocycles. The standard InChI is InChI=1S/C20H21N3O4/c1-12-16(17-19(25)22-11-23-20(17)26-12)18(24)21-10-13-6-2-5-9-15(13)27-14-7-3-4-8-14/h2,5-6,9,11,14H,3-4,7-8,10H2,1H3,(H,21,24)(H,22,23,25). The summed E-state index contributed by atoms with van der Waals surface area (Å²) in [5, 5.41) is 3.04. The number of hydrogen-bond acceptors (Lipinski definition) is 5. The van der Waals surface area contributed by atoms with Gasteiger partial charge in [-0.05, 0) is 38.7 Å². The molecule has 4 rings (SSSR count). The molecule has 2 aromatic heterocycles. The highest BCUT2D eigenvalue weighted by molar-refractivity contribution is 6.06. The number of carbonyl (C=O) groups excluding carboxylic acids is 1. The Bertz CT molecular complexity index is 1030. The molecule has 0 bridgehead atoms. The molecule has 7 heteroatoms. The zero-order chi connectivity index (χ0) is 18.8. The average molecular weight is 367 g/mol. The lowest BCUT2D eigenvalue weighted by Gasteiger charge is -2.16. The number of aryl methyl sites for hydroxylation is 1. The number of furan rings is 1. The van der Waals surface area contributed by atoms with E-state index in [0.717, 1.165) is 24.2 Å². The molecule has 0 aliphatic heterocycles. The van der Waals surface area contributed by atoms with Gasteiger partial charge in [0.05, 0.1) is 18.0 Å². The van der Waals surface area contributed by atoms with E-state index in [1.165, 1.54) is 19.2 Å². The Hall–Kier alpha value is -3.09. The lowest BCUT2D eigenvalue weighted by molar-refractivity contribution is 0.0950. The number of nitrogens with zero attached hydrogens (tertiary/aromatic N) is 1. The van der Waals surface area contributed by atoms with Gasteiger partial charge in [0, 0.05) is 12.1 Å². The first-order valence-corrected chi connectivity index (χ1v) is 9.13. The molecule has 0 atom stereocenters. The number of ether oxygens (including phenoxy) is 1. The van der Waals surface area contributed by atoms with E-state index in [1.807, 2.05) is 24.3 Å². The lowest BCUT2D eigenvalue weighted by atomic mass is 10.1. The van der Waals surface area contributed by atoms with Gasteiger partial charge in [-0.15, -0.1) is 0 Å². The Morgan fingerprint density at radius 1 is 1.33 bits per heavy atom. The molecule has 2 heterocycles. The van der Waals surface area contributed by atoms with Gasteiger partial charge in [-0.25, -0.2) is 4.98 Å². The molecule has 1 amide bonds. The Kier molecular flexibility index (Phi) is 4.66. The van der Waals surface area contributed by atoms with E-state index < -0.39 is 5.56 Å². The third-order valence-corrected chi connectivity index (χ3v) is 4.91. The van der Waals surface area contributed by atoms with Gasteiger partial charge in [0.1, 0.15) is 16.9 Å². The smallest absolute Gasteiger partial charge is 0.262 e. The largest absolute Gasteiger partial charge is 0.490 e. The van der Waals surface area contributed by atoms with Crippen molar-refractivity contribution >= 4 is 17.0 Å². The van der Waals surface area contributed by atoms with Crippen LogP contribution in [0, 0.1) is 6.92 Å². The van der Waals surface area contributed by atoms with Crippen LogP contribution in [0.15, 0.2) is 39.8 Å². The van der Waals surface area contributed by atoms with Gasteiger partial charge in [-0.1, -0.05) is 18.2 Å². The molecular formula is C20H21N3O4. The second kappa shape index (κ2) is 7.26. The number of para-hydroxylation sites is 1. The summed E-state index contributed by atoms with van der Waals surface area (Å²) in [5.74, 6) is 0.778. The minimum absolute atomic E-state index is 0.159. The van der Waals surface area contributed by atoms with Crippen molar-refractivity contribution in [1.29, 1.82) is 0 Å². The van der Waals surface area contributed by atoms with Gasteiger partial charge in [-0.2, -0.15) is 0 Å². The molecule has 0 spiro atoms. The van der Waals surface area contributed by atoms with Crippen LogP contribution in [0.2, 0.25) is 0 Å². The molecule has 7 nitrogen and oxygen atoms in total. The number of hydrogen-bond donors (Lipinski definition) is 2. The van der Waals surface area contributed by atoms with E-state index in [0.29, 0.717) is 12.3 Å². The fourth-order valence-corrected chi connectivity index (χ4v) is 3.54. The van der Waals surface area contributed by atoms with Gasteiger partial charge in [0.15, 0.2) is 0 Å². The summed E-state index contributed by atoms with van der Waals surface area (Å²) in [6.45, 7) is 1.94. The maximum Gasteiger partial charge on any atom is 0.262 e. The number of rotatable bonds is 5. The highest BCUT2D eigenvalue weighted by Gasteiger charge is 2.22. The van der Waals surface area contributed by atoms with Crippen molar-refractivity contribution in [2.45, 2.75) is 45.3 Å². The highest BCUT2D eigenvalue weighted by Crippen LogP contribution is 2.27. The first kappa shape index (κ1) is 17.3. The van der Waals surface area contributed by atoms with Crippen LogP contribution in [-0.2, 0) is 6.54 Å². The van der Waals surface area contributed by atoms with Crippen molar-refractivity contribution < 1.29 is 13.9 Å². The van der Waals surface area contributed by atoms with Crippen LogP contribution in [0.25, 0.3) is 11.1 Å². The van der Waals surface area contributed by atoms with Gasteiger partial charge in [0.25, 0.3) is 11.5 Å². The molecule has 2 N–H and O–H groups in total. The minimum atomic E-state index is -0.396. The second-order valence-corrected chi connectivity index (χ2v) is 6.76. The van der Waals surface area contributed by atoms with Crippen LogP contribution >= 0.6 is 0 Å². The Balaban J connectivity index is 1.54. The van der Waals surface area contributed by atoms with Crippen LogP contribution in [0.1, 0.15) is 47.4 Å². The summed E-state index contributed by atoms with van der Waals surface area (Å²) in [7, 11) is 0. The van der Waals surface area contributed by atoms with Crippen molar-refractivity contribution in [3.8, 4) is 5.75 Å². The molecule has 27 heavy (non-hydrogen) atoms. The molecule has 0 unspecified atom stereocenters. The fraction of sp³-hybridized carbons (Fsp3) is 0.350. The first-order valence-electron chi connectivity index (χ1n) is 9.13. The monoisotopic (exact) mass is 367 g/mol. The molecule has 1 fully saturated rings. The SMILES string of the molecule is Cc1oc2nc[nH]c(=O)c2c1C(=O)NCc1ccccc1OC1CCCC1. The quantitative estimate of drug-likeness (QED) is 0.722. The van der Waals surface area contributed by atoms with Crippen LogP contribution in [-0.4, -0.2) is 22.0 Å². The predicted octanol–water partition coefficient (Wildman–Crippen LogP) is 3.08. The summed E-state index contributed by atoms with van der Waals surface area (Å²) in [6.07, 6.45) is 6.02. The van der Waals surface area contributed by atoms with Gasteiger partial charge in [0.2, 0.25) is 5.71 Å². The van der Waals surface area contributed by atoms with Crippen LogP contribution in [0.4, 0.5) is 0 Å². The number of benzene rings is 1. The Labute approximate surface area is 155 Å².